The van der Waals surface area contributed by atoms with Crippen LogP contribution in [0.5, 0.6) is 0 Å². The second-order valence-corrected chi connectivity index (χ2v) is 14.7. The summed E-state index contributed by atoms with van der Waals surface area (Å²) in [7, 11) is 0. The fourth-order valence-electron chi connectivity index (χ4n) is 8.18. The number of nitrogens with zero attached hydrogens (tertiary/aromatic N) is 4. The molecule has 0 saturated carbocycles. The monoisotopic (exact) mass is 738 g/mol. The topological polar surface area (TPSA) is 51.6 Å². The predicted octanol–water partition coefficient (Wildman–Crippen LogP) is 13.9. The number of fused-ring (bicyclic) bond motifs is 6. The maximum absolute atomic E-state index is 5.32. The third-order valence-corrected chi connectivity index (χ3v) is 11.1. The largest absolute Gasteiger partial charge is 0.254 e. The van der Waals surface area contributed by atoms with Crippen molar-refractivity contribution in [3.63, 3.8) is 0 Å². The van der Waals surface area contributed by atoms with E-state index in [4.69, 9.17) is 19.9 Å². The molecule has 270 valence electrons. The lowest BCUT2D eigenvalue weighted by Gasteiger charge is -2.15. The first kappa shape index (κ1) is 33.5. The lowest BCUT2D eigenvalue weighted by molar-refractivity contribution is 1.18. The summed E-state index contributed by atoms with van der Waals surface area (Å²) in [5, 5.41) is 6.96. The smallest absolute Gasteiger partial charge is 0.160 e. The van der Waals surface area contributed by atoms with Gasteiger partial charge < -0.3 is 0 Å². The number of benzene rings is 8. The molecule has 11 rings (SSSR count). The SMILES string of the molecule is c1ccc(-c2ccc(-c3cc(-c4cc(-c5ccc6ccc7cccnc7c6n5)cc(-c5cc6ccccc6c6ccccc56)c4)nc(-c4ccccc4)n3)cc2)cc1. The van der Waals surface area contributed by atoms with E-state index in [1.54, 1.807) is 0 Å². The van der Waals surface area contributed by atoms with Crippen LogP contribution >= 0.6 is 0 Å². The Kier molecular flexibility index (Phi) is 8.11. The molecular formula is C54H34N4. The Morgan fingerprint density at radius 1 is 0.276 bits per heavy atom. The van der Waals surface area contributed by atoms with E-state index in [2.05, 4.69) is 170 Å². The minimum absolute atomic E-state index is 0.671. The first-order chi connectivity index (χ1) is 28.7. The van der Waals surface area contributed by atoms with Crippen molar-refractivity contribution in [3.8, 4) is 67.4 Å². The van der Waals surface area contributed by atoms with Gasteiger partial charge in [-0.2, -0.15) is 0 Å². The Bertz CT molecular complexity index is 3320. The van der Waals surface area contributed by atoms with E-state index in [1.807, 2.05) is 36.5 Å². The molecule has 3 aromatic heterocycles. The van der Waals surface area contributed by atoms with Crippen LogP contribution < -0.4 is 0 Å². The van der Waals surface area contributed by atoms with Crippen LogP contribution in [-0.2, 0) is 0 Å². The third kappa shape index (κ3) is 6.05. The molecule has 0 spiro atoms. The van der Waals surface area contributed by atoms with Crippen molar-refractivity contribution >= 4 is 43.4 Å². The molecule has 0 aliphatic heterocycles. The summed E-state index contributed by atoms with van der Waals surface area (Å²) < 4.78 is 0. The zero-order valence-corrected chi connectivity index (χ0v) is 31.4. The van der Waals surface area contributed by atoms with Crippen LogP contribution in [0.1, 0.15) is 0 Å². The molecule has 3 heterocycles. The molecule has 0 fully saturated rings. The molecule has 0 amide bonds. The lowest BCUT2D eigenvalue weighted by atomic mass is 9.90. The van der Waals surface area contributed by atoms with Gasteiger partial charge >= 0.3 is 0 Å². The highest BCUT2D eigenvalue weighted by molar-refractivity contribution is 6.14. The van der Waals surface area contributed by atoms with E-state index in [0.717, 1.165) is 77.8 Å². The van der Waals surface area contributed by atoms with Crippen molar-refractivity contribution in [2.24, 2.45) is 0 Å². The van der Waals surface area contributed by atoms with Crippen LogP contribution in [0.3, 0.4) is 0 Å². The molecule has 0 radical (unpaired) electrons. The highest BCUT2D eigenvalue weighted by Gasteiger charge is 2.17. The van der Waals surface area contributed by atoms with Gasteiger partial charge in [-0.1, -0.05) is 158 Å². The number of aromatic nitrogens is 4. The van der Waals surface area contributed by atoms with Crippen LogP contribution in [0.25, 0.3) is 111 Å². The number of hydrogen-bond donors (Lipinski definition) is 0. The average molecular weight is 739 g/mol. The van der Waals surface area contributed by atoms with Gasteiger partial charge in [0, 0.05) is 39.2 Å². The van der Waals surface area contributed by atoms with Crippen LogP contribution in [0.2, 0.25) is 0 Å². The minimum atomic E-state index is 0.671. The van der Waals surface area contributed by atoms with E-state index >= 15 is 0 Å². The molecule has 4 heteroatoms. The number of rotatable bonds is 6. The van der Waals surface area contributed by atoms with Gasteiger partial charge in [0.15, 0.2) is 5.82 Å². The molecular weight excluding hydrogens is 705 g/mol. The molecule has 0 aliphatic rings. The Balaban J connectivity index is 1.15. The van der Waals surface area contributed by atoms with Crippen LogP contribution in [0, 0.1) is 0 Å². The second-order valence-electron chi connectivity index (χ2n) is 14.7. The summed E-state index contributed by atoms with van der Waals surface area (Å²) >= 11 is 0. The van der Waals surface area contributed by atoms with Crippen molar-refractivity contribution in [2.75, 3.05) is 0 Å². The first-order valence-electron chi connectivity index (χ1n) is 19.5. The fourth-order valence-corrected chi connectivity index (χ4v) is 8.18. The van der Waals surface area contributed by atoms with Gasteiger partial charge in [-0.25, -0.2) is 15.0 Å². The van der Waals surface area contributed by atoms with Crippen molar-refractivity contribution in [1.82, 2.24) is 19.9 Å². The zero-order chi connectivity index (χ0) is 38.4. The van der Waals surface area contributed by atoms with Crippen LogP contribution in [0.4, 0.5) is 0 Å². The molecule has 0 aliphatic carbocycles. The quantitative estimate of drug-likeness (QED) is 0.159. The normalized spacial score (nSPS) is 11.4. The van der Waals surface area contributed by atoms with Crippen LogP contribution in [-0.4, -0.2) is 19.9 Å². The summed E-state index contributed by atoms with van der Waals surface area (Å²) in [5.74, 6) is 0.671. The molecule has 0 bridgehead atoms. The Morgan fingerprint density at radius 2 is 0.828 bits per heavy atom. The number of hydrogen-bond acceptors (Lipinski definition) is 4. The minimum Gasteiger partial charge on any atom is -0.254 e. The van der Waals surface area contributed by atoms with Gasteiger partial charge in [0.1, 0.15) is 0 Å². The van der Waals surface area contributed by atoms with Crippen molar-refractivity contribution in [1.29, 1.82) is 0 Å². The maximum atomic E-state index is 5.32. The molecule has 8 aromatic carbocycles. The van der Waals surface area contributed by atoms with Crippen LogP contribution in [0.15, 0.2) is 206 Å². The summed E-state index contributed by atoms with van der Waals surface area (Å²) in [6.45, 7) is 0. The second kappa shape index (κ2) is 14.0. The predicted molar refractivity (Wildman–Crippen MR) is 240 cm³/mol. The van der Waals surface area contributed by atoms with Gasteiger partial charge in [-0.15, -0.1) is 0 Å². The summed E-state index contributed by atoms with van der Waals surface area (Å²) in [6.07, 6.45) is 1.84. The van der Waals surface area contributed by atoms with Crippen molar-refractivity contribution in [2.45, 2.75) is 0 Å². The van der Waals surface area contributed by atoms with E-state index in [9.17, 15) is 0 Å². The summed E-state index contributed by atoms with van der Waals surface area (Å²) in [4.78, 5) is 20.5. The molecule has 11 aromatic rings. The standard InChI is InChI=1S/C54H34N4/c1-3-12-35(13-4-1)36-21-23-37(24-22-36)50-34-51(58-54(57-50)40-14-5-2-6-15-40)44-31-42(48-33-41-16-7-8-18-45(41)46-19-9-10-20-47(46)48)30-43(32-44)49-28-27-39-26-25-38-17-11-29-55-52(38)53(39)56-49/h1-34H. The Labute approximate surface area is 335 Å². The Morgan fingerprint density at radius 3 is 1.60 bits per heavy atom. The molecule has 0 N–H and O–H groups in total. The van der Waals surface area contributed by atoms with Crippen molar-refractivity contribution in [3.05, 3.63) is 206 Å². The average Bonchev–Trinajstić information content (AvgIpc) is 3.31. The number of pyridine rings is 2. The van der Waals surface area contributed by atoms with E-state index in [1.165, 1.54) is 27.1 Å². The van der Waals surface area contributed by atoms with Gasteiger partial charge in [0.05, 0.1) is 28.1 Å². The highest BCUT2D eigenvalue weighted by Crippen LogP contribution is 2.40. The van der Waals surface area contributed by atoms with Gasteiger partial charge in [0.25, 0.3) is 0 Å². The summed E-state index contributed by atoms with van der Waals surface area (Å²) in [6, 6.07) is 70.5. The molecule has 58 heavy (non-hydrogen) atoms. The van der Waals surface area contributed by atoms with Gasteiger partial charge in [-0.3, -0.25) is 4.98 Å². The maximum Gasteiger partial charge on any atom is 0.160 e. The molecule has 0 saturated heterocycles. The van der Waals surface area contributed by atoms with E-state index in [0.29, 0.717) is 5.82 Å². The van der Waals surface area contributed by atoms with Gasteiger partial charge in [-0.05, 0) is 86.3 Å². The molecule has 0 unspecified atom stereocenters. The van der Waals surface area contributed by atoms with E-state index < -0.39 is 0 Å². The Hall–Kier alpha value is -7.82. The lowest BCUT2D eigenvalue weighted by Crippen LogP contribution is -1.97. The fraction of sp³-hybridized carbons (Fsp3) is 0. The highest BCUT2D eigenvalue weighted by atomic mass is 14.9. The van der Waals surface area contributed by atoms with Crippen molar-refractivity contribution < 1.29 is 0 Å². The van der Waals surface area contributed by atoms with E-state index in [-0.39, 0.29) is 0 Å². The zero-order valence-electron chi connectivity index (χ0n) is 31.4. The summed E-state index contributed by atoms with van der Waals surface area (Å²) in [5.41, 5.74) is 12.9. The molecule has 4 nitrogen and oxygen atoms in total. The molecule has 0 atom stereocenters. The van der Waals surface area contributed by atoms with Gasteiger partial charge in [0.2, 0.25) is 0 Å². The first-order valence-corrected chi connectivity index (χ1v) is 19.5. The third-order valence-electron chi connectivity index (χ3n) is 11.1.